The Bertz CT molecular complexity index is 795. The molecule has 0 aromatic heterocycles. The number of nitrogens with one attached hydrogen (secondary N) is 1. The van der Waals surface area contributed by atoms with Gasteiger partial charge in [-0.1, -0.05) is 37.5 Å². The van der Waals surface area contributed by atoms with Gasteiger partial charge in [0.05, 0.1) is 5.38 Å². The van der Waals surface area contributed by atoms with E-state index in [1.54, 1.807) is 36.1 Å². The summed E-state index contributed by atoms with van der Waals surface area (Å²) in [7, 11) is 0. The standard InChI is InChI=1S/C22H27ClN2O4/c1-22-17(26)13-29-19(22)16(23)12-25(22)21(28)18(14-8-4-2-5-9-14)24-20(27)15-10-6-3-7-11-15/h3,6-7,10-11,14,16,18-19H,2,4-5,8-9,12-13H2,1H3,(H,24,27)/t16-,18-,19+,22-/m0/s1. The van der Waals surface area contributed by atoms with Crippen LogP contribution in [0.25, 0.3) is 0 Å². The maximum Gasteiger partial charge on any atom is 0.251 e. The first-order valence-electron chi connectivity index (χ1n) is 10.4. The van der Waals surface area contributed by atoms with Crippen molar-refractivity contribution in [1.82, 2.24) is 10.2 Å². The van der Waals surface area contributed by atoms with E-state index in [-0.39, 0.29) is 36.7 Å². The first kappa shape index (κ1) is 20.4. The molecule has 1 N–H and O–H groups in total. The number of nitrogens with zero attached hydrogens (tertiary/aromatic N) is 1. The molecule has 2 heterocycles. The summed E-state index contributed by atoms with van der Waals surface area (Å²) >= 11 is 6.44. The van der Waals surface area contributed by atoms with E-state index in [0.717, 1.165) is 32.1 Å². The number of alkyl halides is 1. The quantitative estimate of drug-likeness (QED) is 0.762. The number of carbonyl (C=O) groups excluding carboxylic acids is 3. The molecular weight excluding hydrogens is 392 g/mol. The summed E-state index contributed by atoms with van der Waals surface area (Å²) in [5.74, 6) is -0.573. The minimum Gasteiger partial charge on any atom is -0.366 e. The predicted octanol–water partition coefficient (Wildman–Crippen LogP) is 2.54. The minimum absolute atomic E-state index is 0.0291. The van der Waals surface area contributed by atoms with Crippen LogP contribution in [0.1, 0.15) is 49.4 Å². The van der Waals surface area contributed by atoms with E-state index in [2.05, 4.69) is 5.32 Å². The van der Waals surface area contributed by atoms with Crippen LogP contribution in [0.3, 0.4) is 0 Å². The van der Waals surface area contributed by atoms with E-state index in [9.17, 15) is 14.4 Å². The van der Waals surface area contributed by atoms with Gasteiger partial charge in [-0.15, -0.1) is 11.6 Å². The number of likely N-dealkylation sites (tertiary alicyclic amines) is 1. The lowest BCUT2D eigenvalue weighted by Gasteiger charge is -2.38. The zero-order valence-electron chi connectivity index (χ0n) is 16.6. The molecule has 7 heteroatoms. The molecule has 3 aliphatic rings. The molecule has 2 aliphatic heterocycles. The zero-order chi connectivity index (χ0) is 20.6. The number of halogens is 1. The molecule has 0 unspecified atom stereocenters. The van der Waals surface area contributed by atoms with Gasteiger partial charge in [-0.25, -0.2) is 0 Å². The van der Waals surface area contributed by atoms with Gasteiger partial charge in [-0.3, -0.25) is 14.4 Å². The maximum atomic E-state index is 13.7. The number of fused-ring (bicyclic) bond motifs is 1. The second-order valence-corrected chi connectivity index (χ2v) is 9.04. The number of ether oxygens (including phenoxy) is 1. The summed E-state index contributed by atoms with van der Waals surface area (Å²) in [6.45, 7) is 1.96. The van der Waals surface area contributed by atoms with Crippen LogP contribution in [-0.2, 0) is 14.3 Å². The molecule has 0 spiro atoms. The van der Waals surface area contributed by atoms with Crippen molar-refractivity contribution in [1.29, 1.82) is 0 Å². The largest absolute Gasteiger partial charge is 0.366 e. The summed E-state index contributed by atoms with van der Waals surface area (Å²) in [4.78, 5) is 40.7. The lowest BCUT2D eigenvalue weighted by atomic mass is 9.82. The van der Waals surface area contributed by atoms with Gasteiger partial charge in [0.2, 0.25) is 5.91 Å². The van der Waals surface area contributed by atoms with Crippen LogP contribution in [0.2, 0.25) is 0 Å². The molecule has 0 radical (unpaired) electrons. The smallest absolute Gasteiger partial charge is 0.251 e. The molecule has 1 aliphatic carbocycles. The van der Waals surface area contributed by atoms with Crippen LogP contribution in [0.15, 0.2) is 30.3 Å². The second-order valence-electron chi connectivity index (χ2n) is 8.48. The Kier molecular flexibility index (Phi) is 5.67. The van der Waals surface area contributed by atoms with Crippen molar-refractivity contribution in [2.45, 2.75) is 62.1 Å². The van der Waals surface area contributed by atoms with Crippen molar-refractivity contribution >= 4 is 29.2 Å². The average molecular weight is 419 g/mol. The van der Waals surface area contributed by atoms with Crippen molar-refractivity contribution in [3.8, 4) is 0 Å². The van der Waals surface area contributed by atoms with Crippen molar-refractivity contribution in [3.63, 3.8) is 0 Å². The molecular formula is C22H27ClN2O4. The fraction of sp³-hybridized carbons (Fsp3) is 0.591. The number of hydrogen-bond donors (Lipinski definition) is 1. The lowest BCUT2D eigenvalue weighted by Crippen LogP contribution is -2.60. The predicted molar refractivity (Wildman–Crippen MR) is 109 cm³/mol. The van der Waals surface area contributed by atoms with E-state index in [1.807, 2.05) is 6.07 Å². The number of hydrogen-bond acceptors (Lipinski definition) is 4. The van der Waals surface area contributed by atoms with Crippen molar-refractivity contribution in [2.75, 3.05) is 13.2 Å². The highest BCUT2D eigenvalue weighted by Crippen LogP contribution is 2.41. The number of amides is 2. The molecule has 156 valence electrons. The van der Waals surface area contributed by atoms with Crippen LogP contribution in [0.4, 0.5) is 0 Å². The van der Waals surface area contributed by atoms with Gasteiger partial charge in [0.1, 0.15) is 24.3 Å². The highest BCUT2D eigenvalue weighted by Gasteiger charge is 2.61. The molecule has 1 saturated carbocycles. The summed E-state index contributed by atoms with van der Waals surface area (Å²) in [6, 6.07) is 8.23. The molecule has 29 heavy (non-hydrogen) atoms. The first-order valence-corrected chi connectivity index (χ1v) is 10.8. The van der Waals surface area contributed by atoms with Crippen molar-refractivity contribution < 1.29 is 19.1 Å². The Morgan fingerprint density at radius 3 is 2.59 bits per heavy atom. The third-order valence-electron chi connectivity index (χ3n) is 6.73. The summed E-state index contributed by atoms with van der Waals surface area (Å²) in [5, 5.41) is 2.54. The fourth-order valence-corrected chi connectivity index (χ4v) is 5.46. The third kappa shape index (κ3) is 3.57. The molecule has 2 amide bonds. The molecule has 1 aromatic rings. The monoisotopic (exact) mass is 418 g/mol. The highest BCUT2D eigenvalue weighted by atomic mass is 35.5. The maximum absolute atomic E-state index is 13.7. The fourth-order valence-electron chi connectivity index (χ4n) is 5.00. The number of carbonyl (C=O) groups is 3. The van der Waals surface area contributed by atoms with Gasteiger partial charge >= 0.3 is 0 Å². The van der Waals surface area contributed by atoms with Crippen molar-refractivity contribution in [3.05, 3.63) is 35.9 Å². The Balaban J connectivity index is 1.61. The van der Waals surface area contributed by atoms with Crippen LogP contribution in [0.5, 0.6) is 0 Å². The topological polar surface area (TPSA) is 75.7 Å². The zero-order valence-corrected chi connectivity index (χ0v) is 17.4. The molecule has 1 aromatic carbocycles. The van der Waals surface area contributed by atoms with Crippen LogP contribution >= 0.6 is 11.6 Å². The highest BCUT2D eigenvalue weighted by molar-refractivity contribution is 6.22. The lowest BCUT2D eigenvalue weighted by molar-refractivity contribution is -0.144. The summed E-state index contributed by atoms with van der Waals surface area (Å²) < 4.78 is 5.60. The SMILES string of the molecule is C[C@]12C(=O)CO[C@@H]1[C@@H](Cl)CN2C(=O)[C@@H](NC(=O)c1ccccc1)C1CCCCC1. The Labute approximate surface area is 175 Å². The van der Waals surface area contributed by atoms with Gasteiger partial charge in [0.15, 0.2) is 5.78 Å². The van der Waals surface area contributed by atoms with Gasteiger partial charge in [0, 0.05) is 12.1 Å². The Morgan fingerprint density at radius 2 is 1.90 bits per heavy atom. The van der Waals surface area contributed by atoms with Gasteiger partial charge in [0.25, 0.3) is 5.91 Å². The first-order chi connectivity index (χ1) is 13.9. The van der Waals surface area contributed by atoms with Crippen LogP contribution < -0.4 is 5.32 Å². The van der Waals surface area contributed by atoms with Gasteiger partial charge in [-0.2, -0.15) is 0 Å². The van der Waals surface area contributed by atoms with E-state index in [1.165, 1.54) is 0 Å². The number of benzene rings is 1. The molecule has 0 bridgehead atoms. The normalized spacial score (nSPS) is 30.8. The summed E-state index contributed by atoms with van der Waals surface area (Å²) in [5.41, 5.74) is -0.546. The van der Waals surface area contributed by atoms with Gasteiger partial charge in [-0.05, 0) is 37.8 Å². The Morgan fingerprint density at radius 1 is 1.21 bits per heavy atom. The molecule has 2 saturated heterocycles. The van der Waals surface area contributed by atoms with E-state index >= 15 is 0 Å². The average Bonchev–Trinajstić information content (AvgIpc) is 3.19. The van der Waals surface area contributed by atoms with E-state index < -0.39 is 23.1 Å². The minimum atomic E-state index is -1.06. The summed E-state index contributed by atoms with van der Waals surface area (Å²) in [6.07, 6.45) is 4.48. The van der Waals surface area contributed by atoms with E-state index in [0.29, 0.717) is 5.56 Å². The van der Waals surface area contributed by atoms with E-state index in [4.69, 9.17) is 16.3 Å². The van der Waals surface area contributed by atoms with Gasteiger partial charge < -0.3 is 15.0 Å². The molecule has 6 nitrogen and oxygen atoms in total. The third-order valence-corrected chi connectivity index (χ3v) is 7.10. The molecule has 4 rings (SSSR count). The second kappa shape index (κ2) is 8.07. The van der Waals surface area contributed by atoms with Crippen LogP contribution in [0, 0.1) is 5.92 Å². The number of Topliss-reactive ketones (excluding diaryl/α,β-unsaturated/α-hetero) is 1. The number of rotatable bonds is 4. The van der Waals surface area contributed by atoms with Crippen LogP contribution in [-0.4, -0.2) is 58.7 Å². The Hall–Kier alpha value is -1.92. The molecule has 4 atom stereocenters. The van der Waals surface area contributed by atoms with Crippen molar-refractivity contribution in [2.24, 2.45) is 5.92 Å². The number of ketones is 1. The molecule has 3 fully saturated rings.